The number of hydrogen-bond donors (Lipinski definition) is 1. The molecule has 2 aromatic heterocycles. The van der Waals surface area contributed by atoms with Crippen LogP contribution in [0.3, 0.4) is 0 Å². The molecule has 3 heterocycles. The number of piperidine rings is 1. The number of hydrogen-bond acceptors (Lipinski definition) is 4. The Kier molecular flexibility index (Phi) is 5.61. The Morgan fingerprint density at radius 2 is 1.69 bits per heavy atom. The van der Waals surface area contributed by atoms with Gasteiger partial charge in [-0.15, -0.1) is 0 Å². The monoisotopic (exact) mass is 485 g/mol. The first kappa shape index (κ1) is 22.0. The van der Waals surface area contributed by atoms with Gasteiger partial charge in [0, 0.05) is 47.3 Å². The van der Waals surface area contributed by atoms with Crippen molar-refractivity contribution in [2.45, 2.75) is 32.1 Å². The highest BCUT2D eigenvalue weighted by atomic mass is 35.5. The maximum absolute atomic E-state index is 13.4. The second-order valence-electron chi connectivity index (χ2n) is 9.27. The molecule has 4 aromatic rings. The van der Waals surface area contributed by atoms with Crippen molar-refractivity contribution in [3.63, 3.8) is 0 Å². The quantitative estimate of drug-likeness (QED) is 0.361. The van der Waals surface area contributed by atoms with Crippen molar-refractivity contribution in [2.24, 2.45) is 0 Å². The van der Waals surface area contributed by atoms with Crippen molar-refractivity contribution in [3.05, 3.63) is 94.0 Å². The number of anilines is 1. The molecular weight excluding hydrogens is 461 g/mol. The van der Waals surface area contributed by atoms with Crippen molar-refractivity contribution in [2.75, 3.05) is 18.0 Å². The van der Waals surface area contributed by atoms with Crippen molar-refractivity contribution < 1.29 is 4.39 Å². The summed E-state index contributed by atoms with van der Waals surface area (Å²) in [6.45, 7) is 3.89. The van der Waals surface area contributed by atoms with Gasteiger partial charge in [-0.3, -0.25) is 0 Å². The summed E-state index contributed by atoms with van der Waals surface area (Å²) in [5.74, 6) is 2.20. The van der Waals surface area contributed by atoms with Gasteiger partial charge in [0.25, 0.3) is 0 Å². The summed E-state index contributed by atoms with van der Waals surface area (Å²) >= 11 is 6.05. The Morgan fingerprint density at radius 1 is 0.971 bits per heavy atom. The highest BCUT2D eigenvalue weighted by Gasteiger charge is 2.28. The molecule has 0 atom stereocenters. The Bertz CT molecular complexity index is 1400. The fourth-order valence-corrected chi connectivity index (χ4v) is 5.27. The third-order valence-corrected chi connectivity index (χ3v) is 7.29. The van der Waals surface area contributed by atoms with Crippen LogP contribution in [0.2, 0.25) is 5.02 Å². The largest absolute Gasteiger partial charge is 0.356 e. The maximum Gasteiger partial charge on any atom is 0.139 e. The van der Waals surface area contributed by atoms with Gasteiger partial charge in [0.05, 0.1) is 11.4 Å². The molecule has 1 saturated heterocycles. The van der Waals surface area contributed by atoms with Gasteiger partial charge in [-0.1, -0.05) is 35.9 Å². The molecule has 1 N–H and O–H groups in total. The van der Waals surface area contributed by atoms with Crippen molar-refractivity contribution >= 4 is 29.1 Å². The number of aromatic amines is 1. The molecule has 2 aromatic carbocycles. The molecule has 176 valence electrons. The second kappa shape index (κ2) is 8.93. The van der Waals surface area contributed by atoms with Gasteiger partial charge in [-0.25, -0.2) is 19.3 Å². The van der Waals surface area contributed by atoms with E-state index in [9.17, 15) is 4.39 Å². The van der Waals surface area contributed by atoms with Crippen molar-refractivity contribution in [1.82, 2.24) is 19.9 Å². The van der Waals surface area contributed by atoms with Crippen molar-refractivity contribution in [1.29, 1.82) is 0 Å². The first-order chi connectivity index (χ1) is 17.0. The summed E-state index contributed by atoms with van der Waals surface area (Å²) in [7, 11) is 0. The smallest absolute Gasteiger partial charge is 0.139 e. The minimum absolute atomic E-state index is 0.222. The van der Waals surface area contributed by atoms with E-state index >= 15 is 0 Å². The summed E-state index contributed by atoms with van der Waals surface area (Å²) in [4.78, 5) is 20.0. The van der Waals surface area contributed by atoms with Crippen LogP contribution < -0.4 is 4.90 Å². The molecule has 0 unspecified atom stereocenters. The van der Waals surface area contributed by atoms with Crippen LogP contribution in [0.1, 0.15) is 47.1 Å². The van der Waals surface area contributed by atoms with Crippen LogP contribution in [-0.4, -0.2) is 33.0 Å². The van der Waals surface area contributed by atoms with E-state index in [0.29, 0.717) is 5.92 Å². The fraction of sp³-hybridized carbons (Fsp3) is 0.250. The van der Waals surface area contributed by atoms with Crippen LogP contribution in [0.15, 0.2) is 54.9 Å². The van der Waals surface area contributed by atoms with Gasteiger partial charge >= 0.3 is 0 Å². The lowest BCUT2D eigenvalue weighted by Gasteiger charge is -2.32. The molecule has 0 bridgehead atoms. The van der Waals surface area contributed by atoms with Crippen LogP contribution in [0.5, 0.6) is 0 Å². The van der Waals surface area contributed by atoms with E-state index in [1.165, 1.54) is 12.1 Å². The number of aryl methyl sites for hydroxylation is 1. The Hall–Kier alpha value is -3.51. The van der Waals surface area contributed by atoms with Crippen LogP contribution in [0.4, 0.5) is 10.2 Å². The molecule has 0 radical (unpaired) electrons. The number of nitrogens with zero attached hydrogens (tertiary/aromatic N) is 4. The number of nitrogens with one attached hydrogen (secondary N) is 1. The molecule has 1 aliphatic heterocycles. The number of aromatic nitrogens is 4. The van der Waals surface area contributed by atoms with Gasteiger partial charge in [0.15, 0.2) is 0 Å². The van der Waals surface area contributed by atoms with Crippen LogP contribution >= 0.6 is 11.6 Å². The summed E-state index contributed by atoms with van der Waals surface area (Å²) in [6.07, 6.45) is 6.57. The third-order valence-electron chi connectivity index (χ3n) is 7.04. The molecule has 0 saturated carbocycles. The first-order valence-electron chi connectivity index (χ1n) is 11.9. The molecule has 35 heavy (non-hydrogen) atoms. The molecule has 5 nitrogen and oxygen atoms in total. The number of imidazole rings is 1. The summed E-state index contributed by atoms with van der Waals surface area (Å²) in [6, 6.07) is 14.5. The lowest BCUT2D eigenvalue weighted by molar-refractivity contribution is 0.486. The predicted molar refractivity (Wildman–Crippen MR) is 138 cm³/mol. The number of H-pyrrole nitrogens is 1. The number of benzene rings is 2. The SMILES string of the molecule is Cc1[nH]c(C2CCN(c3ncnc4c3C=C(c3ccc(F)cc3)C4)CC2)nc1-c1ccc(Cl)cc1. The minimum Gasteiger partial charge on any atom is -0.356 e. The van der Waals surface area contributed by atoms with E-state index in [0.717, 1.165) is 88.4 Å². The van der Waals surface area contributed by atoms with E-state index in [2.05, 4.69) is 32.9 Å². The first-order valence-corrected chi connectivity index (χ1v) is 12.3. The Balaban J connectivity index is 1.19. The minimum atomic E-state index is -0.222. The van der Waals surface area contributed by atoms with Gasteiger partial charge in [0.2, 0.25) is 0 Å². The molecule has 2 aliphatic rings. The molecule has 0 spiro atoms. The highest BCUT2D eigenvalue weighted by molar-refractivity contribution is 6.30. The van der Waals surface area contributed by atoms with E-state index in [-0.39, 0.29) is 5.82 Å². The zero-order valence-corrected chi connectivity index (χ0v) is 20.2. The van der Waals surface area contributed by atoms with Gasteiger partial charge in [-0.2, -0.15) is 0 Å². The zero-order chi connectivity index (χ0) is 23.9. The topological polar surface area (TPSA) is 57.7 Å². The number of fused-ring (bicyclic) bond motifs is 1. The average Bonchev–Trinajstić information content (AvgIpc) is 3.49. The van der Waals surface area contributed by atoms with Gasteiger partial charge < -0.3 is 9.88 Å². The number of rotatable bonds is 4. The van der Waals surface area contributed by atoms with Crippen LogP contribution in [0, 0.1) is 12.7 Å². The standard InChI is InChI=1S/C28H25ClFN5/c1-17-26(19-2-6-22(29)7-3-19)34-27(33-17)20-10-12-35(13-11-20)28-24-14-21(15-25(24)31-16-32-28)18-4-8-23(30)9-5-18/h2-9,14,16,20H,10-13,15H2,1H3,(H,33,34). The van der Waals surface area contributed by atoms with E-state index in [1.807, 2.05) is 36.4 Å². The molecule has 7 heteroatoms. The van der Waals surface area contributed by atoms with E-state index < -0.39 is 0 Å². The summed E-state index contributed by atoms with van der Waals surface area (Å²) in [5, 5.41) is 0.727. The average molecular weight is 486 g/mol. The number of allylic oxidation sites excluding steroid dienone is 1. The lowest BCUT2D eigenvalue weighted by Crippen LogP contribution is -2.34. The predicted octanol–water partition coefficient (Wildman–Crippen LogP) is 6.45. The lowest BCUT2D eigenvalue weighted by atomic mass is 9.96. The van der Waals surface area contributed by atoms with Crippen LogP contribution in [0.25, 0.3) is 22.9 Å². The zero-order valence-electron chi connectivity index (χ0n) is 19.4. The summed E-state index contributed by atoms with van der Waals surface area (Å²) in [5.41, 5.74) is 7.45. The molecule has 0 amide bonds. The third kappa shape index (κ3) is 4.23. The highest BCUT2D eigenvalue weighted by Crippen LogP contribution is 2.37. The second-order valence-corrected chi connectivity index (χ2v) is 9.71. The molecular formula is C28H25ClFN5. The molecule has 1 aliphatic carbocycles. The molecule has 6 rings (SSSR count). The van der Waals surface area contributed by atoms with E-state index in [4.69, 9.17) is 16.6 Å². The summed E-state index contributed by atoms with van der Waals surface area (Å²) < 4.78 is 13.4. The maximum atomic E-state index is 13.4. The Labute approximate surface area is 208 Å². The van der Waals surface area contributed by atoms with Crippen molar-refractivity contribution in [3.8, 4) is 11.3 Å². The normalized spacial score (nSPS) is 15.9. The van der Waals surface area contributed by atoms with E-state index in [1.54, 1.807) is 6.33 Å². The van der Waals surface area contributed by atoms with Gasteiger partial charge in [0.1, 0.15) is 23.8 Å². The number of halogens is 2. The van der Waals surface area contributed by atoms with Crippen LogP contribution in [-0.2, 0) is 6.42 Å². The Morgan fingerprint density at radius 3 is 2.43 bits per heavy atom. The van der Waals surface area contributed by atoms with Gasteiger partial charge in [-0.05, 0) is 61.2 Å². The molecule has 1 fully saturated rings. The fourth-order valence-electron chi connectivity index (χ4n) is 5.15.